The summed E-state index contributed by atoms with van der Waals surface area (Å²) in [7, 11) is 0. The fourth-order valence-corrected chi connectivity index (χ4v) is 3.08. The van der Waals surface area contributed by atoms with Crippen LogP contribution in [0.5, 0.6) is 0 Å². The molecule has 0 heterocycles. The van der Waals surface area contributed by atoms with E-state index in [-0.39, 0.29) is 24.5 Å². The number of hydrogen-bond acceptors (Lipinski definition) is 2. The van der Waals surface area contributed by atoms with E-state index >= 15 is 0 Å². The molecule has 84 valence electrons. The summed E-state index contributed by atoms with van der Waals surface area (Å²) >= 11 is 0. The van der Waals surface area contributed by atoms with E-state index in [1.807, 2.05) is 0 Å². The first-order valence-corrected chi connectivity index (χ1v) is 5.80. The zero-order chi connectivity index (χ0) is 11.1. The molecule has 0 aromatic heterocycles. The molecule has 0 aliphatic heterocycles. The number of carbonyl (C=O) groups excluding carboxylic acids is 1. The first kappa shape index (κ1) is 10.7. The van der Waals surface area contributed by atoms with Crippen molar-refractivity contribution in [2.45, 2.75) is 45.4 Å². The van der Waals surface area contributed by atoms with Crippen LogP contribution in [-0.4, -0.2) is 16.9 Å². The number of rotatable bonds is 2. The van der Waals surface area contributed by atoms with Crippen LogP contribution in [0.25, 0.3) is 0 Å². The van der Waals surface area contributed by atoms with Crippen LogP contribution in [-0.2, 0) is 9.59 Å². The number of carboxylic acid groups (broad SMARTS) is 1. The molecular weight excluding hydrogens is 192 g/mol. The van der Waals surface area contributed by atoms with Crippen molar-refractivity contribution in [1.29, 1.82) is 0 Å². The summed E-state index contributed by atoms with van der Waals surface area (Å²) in [5.41, 5.74) is -0.683. The van der Waals surface area contributed by atoms with Gasteiger partial charge in [-0.3, -0.25) is 9.59 Å². The van der Waals surface area contributed by atoms with Crippen molar-refractivity contribution in [3.8, 4) is 0 Å². The summed E-state index contributed by atoms with van der Waals surface area (Å²) in [6.45, 7) is 2.22. The summed E-state index contributed by atoms with van der Waals surface area (Å²) in [6.07, 6.45) is 4.77. The molecule has 2 rings (SSSR count). The number of ketones is 1. The normalized spacial score (nSPS) is 34.6. The van der Waals surface area contributed by atoms with Gasteiger partial charge in [0, 0.05) is 12.8 Å². The third-order valence-corrected chi connectivity index (χ3v) is 4.25. The van der Waals surface area contributed by atoms with E-state index in [2.05, 4.69) is 6.92 Å². The van der Waals surface area contributed by atoms with Crippen molar-refractivity contribution < 1.29 is 14.7 Å². The largest absolute Gasteiger partial charge is 0.481 e. The molecule has 0 atom stereocenters. The maximum Gasteiger partial charge on any atom is 0.310 e. The fourth-order valence-electron chi connectivity index (χ4n) is 3.08. The predicted molar refractivity (Wildman–Crippen MR) is 55.4 cm³/mol. The van der Waals surface area contributed by atoms with Gasteiger partial charge in [0.1, 0.15) is 5.78 Å². The van der Waals surface area contributed by atoms with Crippen molar-refractivity contribution in [1.82, 2.24) is 0 Å². The van der Waals surface area contributed by atoms with Gasteiger partial charge in [-0.05, 0) is 24.7 Å². The molecule has 3 nitrogen and oxygen atoms in total. The third-order valence-electron chi connectivity index (χ3n) is 4.25. The molecule has 0 spiro atoms. The van der Waals surface area contributed by atoms with E-state index in [1.54, 1.807) is 0 Å². The summed E-state index contributed by atoms with van der Waals surface area (Å²) in [5, 5.41) is 9.27. The van der Waals surface area contributed by atoms with Crippen LogP contribution >= 0.6 is 0 Å². The number of carboxylic acids is 1. The predicted octanol–water partition coefficient (Wildman–Crippen LogP) is 2.25. The molecule has 0 amide bonds. The Bertz CT molecular complexity index is 279. The molecule has 0 aromatic carbocycles. The molecule has 2 aliphatic carbocycles. The van der Waals surface area contributed by atoms with E-state index in [9.17, 15) is 14.7 Å². The topological polar surface area (TPSA) is 54.4 Å². The van der Waals surface area contributed by atoms with Crippen LogP contribution in [0.15, 0.2) is 0 Å². The zero-order valence-corrected chi connectivity index (χ0v) is 9.16. The van der Waals surface area contributed by atoms with Crippen LogP contribution in [0.3, 0.4) is 0 Å². The summed E-state index contributed by atoms with van der Waals surface area (Å²) in [4.78, 5) is 22.3. The second kappa shape index (κ2) is 3.62. The first-order chi connectivity index (χ1) is 7.04. The van der Waals surface area contributed by atoms with Gasteiger partial charge in [0.2, 0.25) is 0 Å². The van der Waals surface area contributed by atoms with E-state index in [1.165, 1.54) is 0 Å². The molecule has 1 N–H and O–H groups in total. The molecule has 0 radical (unpaired) electrons. The lowest BCUT2D eigenvalue weighted by atomic mass is 9.56. The van der Waals surface area contributed by atoms with Crippen LogP contribution in [0.1, 0.15) is 45.4 Å². The first-order valence-electron chi connectivity index (χ1n) is 5.80. The SMILES string of the molecule is CC1CCC(C2(C(=O)O)CC(=O)C2)CC1. The van der Waals surface area contributed by atoms with E-state index in [0.29, 0.717) is 0 Å². The standard InChI is InChI=1S/C12H18O3/c1-8-2-4-9(5-3-8)12(11(14)15)6-10(13)7-12/h8-9H,2-7H2,1H3,(H,14,15). The Morgan fingerprint density at radius 3 is 2.20 bits per heavy atom. The summed E-state index contributed by atoms with van der Waals surface area (Å²) in [5.74, 6) is 0.337. The van der Waals surface area contributed by atoms with Crippen molar-refractivity contribution in [2.75, 3.05) is 0 Å². The minimum absolute atomic E-state index is 0.121. The Hall–Kier alpha value is -0.860. The summed E-state index contributed by atoms with van der Waals surface area (Å²) in [6, 6.07) is 0. The van der Waals surface area contributed by atoms with E-state index in [0.717, 1.165) is 31.6 Å². The highest BCUT2D eigenvalue weighted by atomic mass is 16.4. The lowest BCUT2D eigenvalue weighted by molar-refractivity contribution is -0.167. The second-order valence-electron chi connectivity index (χ2n) is 5.31. The Morgan fingerprint density at radius 1 is 1.27 bits per heavy atom. The zero-order valence-electron chi connectivity index (χ0n) is 9.16. The van der Waals surface area contributed by atoms with Gasteiger partial charge in [0.25, 0.3) is 0 Å². The Morgan fingerprint density at radius 2 is 1.80 bits per heavy atom. The molecule has 2 fully saturated rings. The van der Waals surface area contributed by atoms with Crippen molar-refractivity contribution in [3.05, 3.63) is 0 Å². The van der Waals surface area contributed by atoms with Crippen LogP contribution in [0.2, 0.25) is 0 Å². The molecule has 2 aliphatic rings. The summed E-state index contributed by atoms with van der Waals surface area (Å²) < 4.78 is 0. The van der Waals surface area contributed by atoms with E-state index < -0.39 is 11.4 Å². The Labute approximate surface area is 89.9 Å². The minimum atomic E-state index is -0.748. The van der Waals surface area contributed by atoms with Gasteiger partial charge in [0.15, 0.2) is 0 Å². The molecule has 0 bridgehead atoms. The molecular formula is C12H18O3. The molecule has 15 heavy (non-hydrogen) atoms. The van der Waals surface area contributed by atoms with Gasteiger partial charge < -0.3 is 5.11 Å². The lowest BCUT2D eigenvalue weighted by Crippen LogP contribution is -2.50. The monoisotopic (exact) mass is 210 g/mol. The average Bonchev–Trinajstić information content (AvgIpc) is 2.13. The lowest BCUT2D eigenvalue weighted by Gasteiger charge is -2.45. The van der Waals surface area contributed by atoms with Crippen LogP contribution in [0.4, 0.5) is 0 Å². The van der Waals surface area contributed by atoms with Gasteiger partial charge in [0.05, 0.1) is 5.41 Å². The Balaban J connectivity index is 2.07. The molecule has 2 saturated carbocycles. The molecule has 0 unspecified atom stereocenters. The second-order valence-corrected chi connectivity index (χ2v) is 5.31. The van der Waals surface area contributed by atoms with Crippen molar-refractivity contribution >= 4 is 11.8 Å². The van der Waals surface area contributed by atoms with Gasteiger partial charge >= 0.3 is 5.97 Å². The smallest absolute Gasteiger partial charge is 0.310 e. The highest BCUT2D eigenvalue weighted by Crippen LogP contribution is 2.51. The average molecular weight is 210 g/mol. The maximum atomic E-state index is 11.3. The quantitative estimate of drug-likeness (QED) is 0.760. The third kappa shape index (κ3) is 1.68. The van der Waals surface area contributed by atoms with Crippen LogP contribution < -0.4 is 0 Å². The number of carbonyl (C=O) groups is 2. The number of hydrogen-bond donors (Lipinski definition) is 1. The van der Waals surface area contributed by atoms with Gasteiger partial charge in [-0.1, -0.05) is 19.8 Å². The van der Waals surface area contributed by atoms with Gasteiger partial charge in [-0.2, -0.15) is 0 Å². The van der Waals surface area contributed by atoms with E-state index in [4.69, 9.17) is 0 Å². The minimum Gasteiger partial charge on any atom is -0.481 e. The highest BCUT2D eigenvalue weighted by Gasteiger charge is 2.55. The van der Waals surface area contributed by atoms with Crippen molar-refractivity contribution in [3.63, 3.8) is 0 Å². The van der Waals surface area contributed by atoms with Crippen LogP contribution in [0, 0.1) is 17.3 Å². The molecule has 0 aromatic rings. The Kier molecular flexibility index (Phi) is 2.57. The fraction of sp³-hybridized carbons (Fsp3) is 0.833. The highest BCUT2D eigenvalue weighted by molar-refractivity contribution is 5.97. The van der Waals surface area contributed by atoms with Gasteiger partial charge in [-0.25, -0.2) is 0 Å². The molecule has 0 saturated heterocycles. The van der Waals surface area contributed by atoms with Crippen molar-refractivity contribution in [2.24, 2.45) is 17.3 Å². The molecule has 3 heteroatoms. The maximum absolute atomic E-state index is 11.3. The number of Topliss-reactive ketones (excluding diaryl/α,β-unsaturated/α-hetero) is 1. The number of aliphatic carboxylic acids is 1. The van der Waals surface area contributed by atoms with Gasteiger partial charge in [-0.15, -0.1) is 0 Å².